The molecule has 8 rings (SSSR count). The van der Waals surface area contributed by atoms with Gasteiger partial charge in [0.15, 0.2) is 0 Å². The standard InChI is InChI=1S/C34H30FN7O2/c35-23-9-11-24(12-10-23)42-31-13-15-36-33(28(31)19-38-42)41-20-26-18-32(41)34(43)37-14-1-2-16-40-21-29-27(7-4-8-30(29)39-40)22-5-3-6-25(17-22)44-26/h3-13,15,17,19,21,26,32H,1-2,14,16,18,20H2,(H,37,43). The molecule has 220 valence electrons. The highest BCUT2D eigenvalue weighted by molar-refractivity contribution is 5.95. The van der Waals surface area contributed by atoms with E-state index in [4.69, 9.17) is 14.8 Å². The average molecular weight is 588 g/mol. The van der Waals surface area contributed by atoms with Crippen LogP contribution in [-0.2, 0) is 11.3 Å². The lowest BCUT2D eigenvalue weighted by molar-refractivity contribution is -0.122. The summed E-state index contributed by atoms with van der Waals surface area (Å²) in [5.41, 5.74) is 4.69. The van der Waals surface area contributed by atoms with Crippen molar-refractivity contribution in [2.24, 2.45) is 0 Å². The number of halogens is 1. The minimum absolute atomic E-state index is 0.0488. The van der Waals surface area contributed by atoms with E-state index in [1.54, 1.807) is 29.2 Å². The zero-order valence-corrected chi connectivity index (χ0v) is 23.9. The van der Waals surface area contributed by atoms with Gasteiger partial charge < -0.3 is 15.0 Å². The molecule has 9 nitrogen and oxygen atoms in total. The Hall–Kier alpha value is -5.25. The third-order valence-corrected chi connectivity index (χ3v) is 8.54. The lowest BCUT2D eigenvalue weighted by Gasteiger charge is -2.25. The van der Waals surface area contributed by atoms with Gasteiger partial charge in [-0.3, -0.25) is 9.48 Å². The Morgan fingerprint density at radius 1 is 0.977 bits per heavy atom. The number of fused-ring (bicyclic) bond motifs is 7. The summed E-state index contributed by atoms with van der Waals surface area (Å²) in [7, 11) is 0. The molecule has 0 saturated carbocycles. The second-order valence-electron chi connectivity index (χ2n) is 11.4. The van der Waals surface area contributed by atoms with Crippen molar-refractivity contribution in [2.75, 3.05) is 18.0 Å². The minimum Gasteiger partial charge on any atom is -0.488 e. The molecule has 44 heavy (non-hydrogen) atoms. The van der Waals surface area contributed by atoms with E-state index in [-0.39, 0.29) is 17.8 Å². The third-order valence-electron chi connectivity index (χ3n) is 8.54. The van der Waals surface area contributed by atoms with E-state index < -0.39 is 6.04 Å². The smallest absolute Gasteiger partial charge is 0.242 e. The van der Waals surface area contributed by atoms with Crippen molar-refractivity contribution in [3.05, 3.63) is 97.2 Å². The number of amides is 1. The van der Waals surface area contributed by atoms with Crippen molar-refractivity contribution >= 4 is 33.5 Å². The summed E-state index contributed by atoms with van der Waals surface area (Å²) in [5, 5.41) is 14.5. The molecule has 0 spiro atoms. The SMILES string of the molecule is O=C1NCCCCn2cc3c(cccc3n2)-c2cccc(c2)OC2CC1N(c1nccc3c1cnn3-c1ccc(F)cc1)C2. The number of carbonyl (C=O) groups excluding carboxylic acids is 1. The molecule has 2 atom stereocenters. The maximum atomic E-state index is 13.7. The third kappa shape index (κ3) is 4.72. The van der Waals surface area contributed by atoms with Crippen LogP contribution in [0.3, 0.4) is 0 Å². The van der Waals surface area contributed by atoms with Crippen LogP contribution in [-0.4, -0.2) is 55.7 Å². The summed E-state index contributed by atoms with van der Waals surface area (Å²) in [6, 6.07) is 22.0. The number of hydrogen-bond acceptors (Lipinski definition) is 6. The number of nitrogens with one attached hydrogen (secondary N) is 1. The topological polar surface area (TPSA) is 90.1 Å². The summed E-state index contributed by atoms with van der Waals surface area (Å²) < 4.78 is 23.9. The van der Waals surface area contributed by atoms with Gasteiger partial charge in [-0.2, -0.15) is 10.2 Å². The number of anilines is 1. The molecule has 2 unspecified atom stereocenters. The minimum atomic E-state index is -0.465. The first-order valence-corrected chi connectivity index (χ1v) is 15.0. The van der Waals surface area contributed by atoms with Crippen molar-refractivity contribution in [1.29, 1.82) is 0 Å². The van der Waals surface area contributed by atoms with Crippen LogP contribution < -0.4 is 15.0 Å². The maximum Gasteiger partial charge on any atom is 0.242 e. The lowest BCUT2D eigenvalue weighted by atomic mass is 10.0. The molecule has 10 heteroatoms. The number of aromatic nitrogens is 5. The van der Waals surface area contributed by atoms with Crippen LogP contribution in [0.5, 0.6) is 5.75 Å². The van der Waals surface area contributed by atoms with Gasteiger partial charge >= 0.3 is 0 Å². The van der Waals surface area contributed by atoms with Crippen molar-refractivity contribution < 1.29 is 13.9 Å². The first-order valence-electron chi connectivity index (χ1n) is 15.0. The highest BCUT2D eigenvalue weighted by atomic mass is 19.1. The fraction of sp³-hybridized carbons (Fsp3) is 0.235. The van der Waals surface area contributed by atoms with E-state index in [9.17, 15) is 9.18 Å². The Morgan fingerprint density at radius 3 is 2.77 bits per heavy atom. The summed E-state index contributed by atoms with van der Waals surface area (Å²) in [5.74, 6) is 1.06. The Bertz CT molecular complexity index is 2000. The van der Waals surface area contributed by atoms with Crippen LogP contribution >= 0.6 is 0 Å². The van der Waals surface area contributed by atoms with Crippen molar-refractivity contribution in [2.45, 2.75) is 38.0 Å². The van der Waals surface area contributed by atoms with Crippen LogP contribution in [0.4, 0.5) is 10.2 Å². The average Bonchev–Trinajstić information content (AvgIpc) is 3.77. The monoisotopic (exact) mass is 587 g/mol. The molecule has 6 bridgehead atoms. The Balaban J connectivity index is 1.16. The van der Waals surface area contributed by atoms with Gasteiger partial charge in [0.05, 0.1) is 34.8 Å². The van der Waals surface area contributed by atoms with E-state index in [2.05, 4.69) is 34.8 Å². The molecule has 1 fully saturated rings. The van der Waals surface area contributed by atoms with Crippen LogP contribution in [0, 0.1) is 5.82 Å². The van der Waals surface area contributed by atoms with Crippen LogP contribution in [0.25, 0.3) is 38.6 Å². The first-order chi connectivity index (χ1) is 21.6. The highest BCUT2D eigenvalue weighted by Crippen LogP contribution is 2.35. The molecule has 1 saturated heterocycles. The van der Waals surface area contributed by atoms with Gasteiger partial charge in [0.1, 0.15) is 29.5 Å². The summed E-state index contributed by atoms with van der Waals surface area (Å²) in [6.45, 7) is 1.83. The lowest BCUT2D eigenvalue weighted by Crippen LogP contribution is -2.44. The number of nitrogens with zero attached hydrogens (tertiary/aromatic N) is 6. The Morgan fingerprint density at radius 2 is 1.86 bits per heavy atom. The zero-order chi connectivity index (χ0) is 29.6. The van der Waals surface area contributed by atoms with Gasteiger partial charge in [-0.05, 0) is 72.5 Å². The van der Waals surface area contributed by atoms with Gasteiger partial charge in [-0.25, -0.2) is 14.1 Å². The van der Waals surface area contributed by atoms with E-state index in [1.165, 1.54) is 12.1 Å². The highest BCUT2D eigenvalue weighted by Gasteiger charge is 2.39. The molecule has 5 heterocycles. The van der Waals surface area contributed by atoms with Crippen molar-refractivity contribution in [3.8, 4) is 22.6 Å². The maximum absolute atomic E-state index is 13.7. The Labute approximate surface area is 252 Å². The molecular weight excluding hydrogens is 557 g/mol. The molecule has 3 aromatic carbocycles. The molecular formula is C34H30FN7O2. The number of ether oxygens (including phenoxy) is 1. The Kier molecular flexibility index (Phi) is 6.47. The van der Waals surface area contributed by atoms with Gasteiger partial charge in [0.2, 0.25) is 5.91 Å². The summed E-state index contributed by atoms with van der Waals surface area (Å²) in [6.07, 6.45) is 7.60. The van der Waals surface area contributed by atoms with E-state index >= 15 is 0 Å². The summed E-state index contributed by atoms with van der Waals surface area (Å²) in [4.78, 5) is 20.5. The van der Waals surface area contributed by atoms with Gasteiger partial charge in [-0.15, -0.1) is 0 Å². The molecule has 1 N–H and O–H groups in total. The van der Waals surface area contributed by atoms with E-state index in [0.29, 0.717) is 25.3 Å². The molecule has 0 radical (unpaired) electrons. The van der Waals surface area contributed by atoms with Crippen LogP contribution in [0.1, 0.15) is 19.3 Å². The van der Waals surface area contributed by atoms with Gasteiger partial charge in [0, 0.05) is 37.3 Å². The normalized spacial score (nSPS) is 18.8. The zero-order valence-electron chi connectivity index (χ0n) is 23.9. The predicted octanol–water partition coefficient (Wildman–Crippen LogP) is 5.51. The quantitative estimate of drug-likeness (QED) is 0.287. The summed E-state index contributed by atoms with van der Waals surface area (Å²) >= 11 is 0. The number of benzene rings is 3. The van der Waals surface area contributed by atoms with E-state index in [0.717, 1.165) is 63.8 Å². The van der Waals surface area contributed by atoms with E-state index in [1.807, 2.05) is 39.9 Å². The van der Waals surface area contributed by atoms with Crippen LogP contribution in [0.2, 0.25) is 0 Å². The second kappa shape index (κ2) is 10.8. The number of carbonyl (C=O) groups is 1. The molecule has 3 aromatic heterocycles. The molecule has 2 aliphatic heterocycles. The molecule has 2 aliphatic rings. The number of aryl methyl sites for hydroxylation is 1. The molecule has 6 aromatic rings. The fourth-order valence-corrected chi connectivity index (χ4v) is 6.44. The second-order valence-corrected chi connectivity index (χ2v) is 11.4. The first kappa shape index (κ1) is 26.4. The predicted molar refractivity (Wildman–Crippen MR) is 166 cm³/mol. The van der Waals surface area contributed by atoms with Crippen molar-refractivity contribution in [1.82, 2.24) is 29.9 Å². The van der Waals surface area contributed by atoms with Crippen molar-refractivity contribution in [3.63, 3.8) is 0 Å². The largest absolute Gasteiger partial charge is 0.488 e. The number of pyridine rings is 1. The molecule has 0 aliphatic carbocycles. The fourth-order valence-electron chi connectivity index (χ4n) is 6.44. The number of rotatable bonds is 2. The molecule has 1 amide bonds. The van der Waals surface area contributed by atoms with Crippen LogP contribution in [0.15, 0.2) is 91.4 Å². The van der Waals surface area contributed by atoms with Gasteiger partial charge in [0.25, 0.3) is 0 Å². The van der Waals surface area contributed by atoms with Gasteiger partial charge in [-0.1, -0.05) is 24.3 Å². The number of hydrogen-bond donors (Lipinski definition) is 1.